The Morgan fingerprint density at radius 2 is 1.81 bits per heavy atom. The van der Waals surface area contributed by atoms with E-state index in [0.717, 1.165) is 5.56 Å². The molecule has 0 aliphatic heterocycles. The van der Waals surface area contributed by atoms with Gasteiger partial charge in [-0.25, -0.2) is 17.9 Å². The zero-order chi connectivity index (χ0) is 19.9. The van der Waals surface area contributed by atoms with E-state index in [1.165, 1.54) is 24.3 Å². The second-order valence-electron chi connectivity index (χ2n) is 5.51. The van der Waals surface area contributed by atoms with Crippen LogP contribution in [0.3, 0.4) is 0 Å². The average molecular weight is 411 g/mol. The van der Waals surface area contributed by atoms with Crippen LogP contribution in [0.5, 0.6) is 0 Å². The predicted molar refractivity (Wildman–Crippen MR) is 101 cm³/mol. The van der Waals surface area contributed by atoms with E-state index >= 15 is 0 Å². The third-order valence-corrected chi connectivity index (χ3v) is 5.25. The zero-order valence-electron chi connectivity index (χ0n) is 14.6. The molecule has 0 atom stereocenters. The van der Waals surface area contributed by atoms with Crippen LogP contribution in [0, 0.1) is 0 Å². The van der Waals surface area contributed by atoms with E-state index in [2.05, 4.69) is 10.0 Å². The lowest BCUT2D eigenvalue weighted by atomic mass is 10.2. The molecular weight excluding hydrogens is 392 g/mol. The largest absolute Gasteiger partial charge is 0.452 e. The molecule has 0 bridgehead atoms. The highest BCUT2D eigenvalue weighted by molar-refractivity contribution is 7.89. The second kappa shape index (κ2) is 9.50. The van der Waals surface area contributed by atoms with Crippen molar-refractivity contribution in [1.29, 1.82) is 0 Å². The first-order chi connectivity index (χ1) is 12.8. The van der Waals surface area contributed by atoms with Gasteiger partial charge in [-0.05, 0) is 35.9 Å². The Hall–Kier alpha value is -2.42. The maximum absolute atomic E-state index is 12.1. The Kier molecular flexibility index (Phi) is 7.35. The maximum atomic E-state index is 12.1. The number of hydrogen-bond acceptors (Lipinski definition) is 5. The molecule has 0 aliphatic carbocycles. The highest BCUT2D eigenvalue weighted by atomic mass is 35.5. The number of rotatable bonds is 8. The van der Waals surface area contributed by atoms with Gasteiger partial charge in [0.2, 0.25) is 10.0 Å². The monoisotopic (exact) mass is 410 g/mol. The van der Waals surface area contributed by atoms with Crippen molar-refractivity contribution in [3.05, 3.63) is 64.7 Å². The van der Waals surface area contributed by atoms with Crippen molar-refractivity contribution in [1.82, 2.24) is 10.0 Å². The number of benzene rings is 2. The Morgan fingerprint density at radius 3 is 2.48 bits per heavy atom. The molecule has 0 aliphatic rings. The number of carbonyl (C=O) groups is 2. The van der Waals surface area contributed by atoms with Gasteiger partial charge in [-0.15, -0.1) is 0 Å². The summed E-state index contributed by atoms with van der Waals surface area (Å²) < 4.78 is 31.2. The van der Waals surface area contributed by atoms with E-state index in [-0.39, 0.29) is 23.5 Å². The number of sulfonamides is 1. The number of hydrogen-bond donors (Lipinski definition) is 2. The standard InChI is InChI=1S/C18H19ClN2O5S/c1-2-21-27(24,25)16-5-3-4-14(10-16)18(23)26-12-17(22)20-11-13-6-8-15(19)9-7-13/h3-10,21H,2,11-12H2,1H3,(H,20,22). The Bertz CT molecular complexity index is 914. The summed E-state index contributed by atoms with van der Waals surface area (Å²) in [4.78, 5) is 23.8. The molecule has 0 fully saturated rings. The molecule has 0 saturated heterocycles. The van der Waals surface area contributed by atoms with Gasteiger partial charge in [0, 0.05) is 18.1 Å². The summed E-state index contributed by atoms with van der Waals surface area (Å²) in [5.74, 6) is -1.26. The van der Waals surface area contributed by atoms with Gasteiger partial charge in [0.1, 0.15) is 0 Å². The summed E-state index contributed by atoms with van der Waals surface area (Å²) >= 11 is 5.79. The summed E-state index contributed by atoms with van der Waals surface area (Å²) in [5, 5.41) is 3.21. The van der Waals surface area contributed by atoms with Gasteiger partial charge in [0.15, 0.2) is 6.61 Å². The van der Waals surface area contributed by atoms with Crippen LogP contribution in [0.15, 0.2) is 53.4 Å². The lowest BCUT2D eigenvalue weighted by Crippen LogP contribution is -2.28. The average Bonchev–Trinajstić information content (AvgIpc) is 2.65. The third-order valence-electron chi connectivity index (χ3n) is 3.45. The van der Waals surface area contributed by atoms with Crippen LogP contribution in [-0.2, 0) is 26.1 Å². The first-order valence-electron chi connectivity index (χ1n) is 8.10. The second-order valence-corrected chi connectivity index (χ2v) is 7.71. The minimum Gasteiger partial charge on any atom is -0.452 e. The molecule has 2 aromatic rings. The highest BCUT2D eigenvalue weighted by Crippen LogP contribution is 2.12. The van der Waals surface area contributed by atoms with Crippen LogP contribution < -0.4 is 10.0 Å². The Morgan fingerprint density at radius 1 is 1.11 bits per heavy atom. The molecule has 7 nitrogen and oxygen atoms in total. The molecule has 0 unspecified atom stereocenters. The van der Waals surface area contributed by atoms with E-state index in [9.17, 15) is 18.0 Å². The molecule has 2 aromatic carbocycles. The van der Waals surface area contributed by atoms with Gasteiger partial charge >= 0.3 is 5.97 Å². The van der Waals surface area contributed by atoms with Gasteiger partial charge < -0.3 is 10.1 Å². The highest BCUT2D eigenvalue weighted by Gasteiger charge is 2.16. The normalized spacial score (nSPS) is 11.0. The van der Waals surface area contributed by atoms with E-state index in [0.29, 0.717) is 5.02 Å². The van der Waals surface area contributed by atoms with Crippen molar-refractivity contribution >= 4 is 33.5 Å². The fourth-order valence-corrected chi connectivity index (χ4v) is 3.34. The fraction of sp³-hybridized carbons (Fsp3) is 0.222. The lowest BCUT2D eigenvalue weighted by molar-refractivity contribution is -0.124. The molecule has 0 radical (unpaired) electrons. The predicted octanol–water partition coefficient (Wildman–Crippen LogP) is 2.11. The number of halogens is 1. The minimum atomic E-state index is -3.69. The topological polar surface area (TPSA) is 102 Å². The van der Waals surface area contributed by atoms with Crippen LogP contribution in [0.1, 0.15) is 22.8 Å². The van der Waals surface area contributed by atoms with Gasteiger partial charge in [0.05, 0.1) is 10.5 Å². The summed E-state index contributed by atoms with van der Waals surface area (Å²) in [6.45, 7) is 1.67. The molecule has 2 N–H and O–H groups in total. The van der Waals surface area contributed by atoms with Crippen LogP contribution in [0.2, 0.25) is 5.02 Å². The SMILES string of the molecule is CCNS(=O)(=O)c1cccc(C(=O)OCC(=O)NCc2ccc(Cl)cc2)c1. The minimum absolute atomic E-state index is 0.0412. The van der Waals surface area contributed by atoms with Crippen molar-refractivity contribution in [3.63, 3.8) is 0 Å². The maximum Gasteiger partial charge on any atom is 0.338 e. The van der Waals surface area contributed by atoms with Crippen LogP contribution in [0.4, 0.5) is 0 Å². The van der Waals surface area contributed by atoms with Gasteiger partial charge in [-0.3, -0.25) is 4.79 Å². The van der Waals surface area contributed by atoms with Crippen molar-refractivity contribution in [2.24, 2.45) is 0 Å². The molecule has 27 heavy (non-hydrogen) atoms. The van der Waals surface area contributed by atoms with Crippen LogP contribution in [0.25, 0.3) is 0 Å². The summed E-state index contributed by atoms with van der Waals surface area (Å²) in [6.07, 6.45) is 0. The Labute approximate surface area is 162 Å². The number of ether oxygens (including phenoxy) is 1. The fourth-order valence-electron chi connectivity index (χ4n) is 2.13. The van der Waals surface area contributed by atoms with Crippen molar-refractivity contribution < 1.29 is 22.7 Å². The number of carbonyl (C=O) groups excluding carboxylic acids is 2. The molecule has 0 heterocycles. The van der Waals surface area contributed by atoms with E-state index in [4.69, 9.17) is 16.3 Å². The quantitative estimate of drug-likeness (QED) is 0.649. The summed E-state index contributed by atoms with van der Waals surface area (Å²) in [5.41, 5.74) is 0.889. The van der Waals surface area contributed by atoms with Crippen LogP contribution in [-0.4, -0.2) is 33.4 Å². The smallest absolute Gasteiger partial charge is 0.338 e. The zero-order valence-corrected chi connectivity index (χ0v) is 16.1. The molecule has 0 aromatic heterocycles. The molecular formula is C18H19ClN2O5S. The summed E-state index contributed by atoms with van der Waals surface area (Å²) in [6, 6.07) is 12.4. The van der Waals surface area contributed by atoms with E-state index in [1.54, 1.807) is 31.2 Å². The van der Waals surface area contributed by atoms with Crippen LogP contribution >= 0.6 is 11.6 Å². The van der Waals surface area contributed by atoms with Gasteiger partial charge in [0.25, 0.3) is 5.91 Å². The van der Waals surface area contributed by atoms with E-state index < -0.39 is 28.5 Å². The first kappa shape index (κ1) is 20.9. The molecule has 2 rings (SSSR count). The Balaban J connectivity index is 1.89. The van der Waals surface area contributed by atoms with E-state index in [1.807, 2.05) is 0 Å². The number of amides is 1. The molecule has 0 spiro atoms. The molecule has 144 valence electrons. The van der Waals surface area contributed by atoms with Gasteiger partial charge in [-0.1, -0.05) is 36.7 Å². The number of esters is 1. The first-order valence-corrected chi connectivity index (χ1v) is 9.96. The molecule has 9 heteroatoms. The number of nitrogens with one attached hydrogen (secondary N) is 2. The van der Waals surface area contributed by atoms with Crippen molar-refractivity contribution in [2.45, 2.75) is 18.4 Å². The van der Waals surface area contributed by atoms with Crippen molar-refractivity contribution in [2.75, 3.05) is 13.2 Å². The molecule has 0 saturated carbocycles. The van der Waals surface area contributed by atoms with Gasteiger partial charge in [-0.2, -0.15) is 0 Å². The summed E-state index contributed by atoms with van der Waals surface area (Å²) in [7, 11) is -3.69. The molecule has 1 amide bonds. The lowest BCUT2D eigenvalue weighted by Gasteiger charge is -2.08. The van der Waals surface area contributed by atoms with Crippen molar-refractivity contribution in [3.8, 4) is 0 Å². The third kappa shape index (κ3) is 6.35.